The van der Waals surface area contributed by atoms with E-state index < -0.39 is 12.2 Å². The fourth-order valence-corrected chi connectivity index (χ4v) is 2.04. The minimum Gasteiger partial charge on any atom is -0.389 e. The molecule has 0 bridgehead atoms. The van der Waals surface area contributed by atoms with Crippen LogP contribution in [0, 0.1) is 0 Å². The van der Waals surface area contributed by atoms with Crippen LogP contribution in [-0.2, 0) is 9.59 Å². The Bertz CT molecular complexity index is 311. The molecule has 0 aromatic rings. The largest absolute Gasteiger partial charge is 0.389 e. The zero-order valence-corrected chi connectivity index (χ0v) is 10.6. The van der Waals surface area contributed by atoms with Crippen molar-refractivity contribution in [3.8, 4) is 0 Å². The average molecular weight is 259 g/mol. The molecule has 18 heavy (non-hydrogen) atoms. The van der Waals surface area contributed by atoms with Gasteiger partial charge in [0.05, 0.1) is 18.2 Å². The van der Waals surface area contributed by atoms with Crippen LogP contribution in [0.3, 0.4) is 0 Å². The van der Waals surface area contributed by atoms with Gasteiger partial charge in [0.2, 0.25) is 11.8 Å². The minimum atomic E-state index is -0.917. The van der Waals surface area contributed by atoms with Gasteiger partial charge in [0.15, 0.2) is 0 Å². The van der Waals surface area contributed by atoms with Crippen LogP contribution in [0.4, 0.5) is 0 Å². The topological polar surface area (TPSA) is 111 Å². The lowest BCUT2D eigenvalue weighted by molar-refractivity contribution is -0.119. The van der Waals surface area contributed by atoms with Crippen molar-refractivity contribution < 1.29 is 19.8 Å². The molecule has 1 rings (SSSR count). The van der Waals surface area contributed by atoms with Crippen LogP contribution in [-0.4, -0.2) is 59.4 Å². The molecule has 1 heterocycles. The number of carbonyl (C=O) groups is 2. The quantitative estimate of drug-likeness (QED) is 0.382. The van der Waals surface area contributed by atoms with Crippen LogP contribution in [0.1, 0.15) is 20.3 Å². The lowest BCUT2D eigenvalue weighted by atomic mass is 10.1. The number of carbonyl (C=O) groups excluding carboxylic acids is 2. The molecular formula is C11H21N3O4. The molecule has 1 aliphatic rings. The van der Waals surface area contributed by atoms with E-state index in [4.69, 9.17) is 0 Å². The second-order valence-corrected chi connectivity index (χ2v) is 4.57. The van der Waals surface area contributed by atoms with Gasteiger partial charge in [0, 0.05) is 33.0 Å². The molecule has 0 aliphatic carbocycles. The summed E-state index contributed by atoms with van der Waals surface area (Å²) >= 11 is 0. The van der Waals surface area contributed by atoms with Crippen LogP contribution in [0.15, 0.2) is 0 Å². The summed E-state index contributed by atoms with van der Waals surface area (Å²) < 4.78 is 0. The molecule has 4 atom stereocenters. The summed E-state index contributed by atoms with van der Waals surface area (Å²) in [6.45, 7) is 3.52. The second-order valence-electron chi connectivity index (χ2n) is 4.57. The fourth-order valence-electron chi connectivity index (χ4n) is 2.04. The van der Waals surface area contributed by atoms with Gasteiger partial charge in [0.1, 0.15) is 0 Å². The predicted molar refractivity (Wildman–Crippen MR) is 64.7 cm³/mol. The average Bonchev–Trinajstić information content (AvgIpc) is 2.54. The Hall–Kier alpha value is -1.18. The van der Waals surface area contributed by atoms with E-state index in [2.05, 4.69) is 16.0 Å². The number of aliphatic hydroxyl groups is 2. The highest BCUT2D eigenvalue weighted by atomic mass is 16.3. The Balaban J connectivity index is 2.38. The zero-order valence-electron chi connectivity index (χ0n) is 10.6. The zero-order chi connectivity index (χ0) is 13.7. The van der Waals surface area contributed by atoms with E-state index >= 15 is 0 Å². The smallest absolute Gasteiger partial charge is 0.216 e. The van der Waals surface area contributed by atoms with E-state index in [1.54, 1.807) is 0 Å². The van der Waals surface area contributed by atoms with E-state index in [0.717, 1.165) is 0 Å². The van der Waals surface area contributed by atoms with Crippen molar-refractivity contribution >= 4 is 11.8 Å². The highest BCUT2D eigenvalue weighted by Gasteiger charge is 2.40. The first-order valence-electron chi connectivity index (χ1n) is 6.03. The molecule has 0 aromatic heterocycles. The van der Waals surface area contributed by atoms with Crippen molar-refractivity contribution in [1.82, 2.24) is 16.0 Å². The van der Waals surface area contributed by atoms with Crippen molar-refractivity contribution in [3.05, 3.63) is 0 Å². The number of aliphatic hydroxyl groups excluding tert-OH is 2. The molecule has 1 aliphatic heterocycles. The maximum Gasteiger partial charge on any atom is 0.216 e. The maximum absolute atomic E-state index is 10.8. The molecule has 104 valence electrons. The first-order chi connectivity index (χ1) is 8.41. The number of amides is 2. The van der Waals surface area contributed by atoms with E-state index in [9.17, 15) is 19.8 Å². The van der Waals surface area contributed by atoms with E-state index in [-0.39, 0.29) is 30.4 Å². The standard InChI is InChI=1S/C11H21N3O4/c1-6(15)12-4-3-8-10(17)11(18)9(14-8)5-13-7(2)16/h8-11,14,17-18H,3-5H2,1-2H3,(H,12,15)(H,13,16). The molecule has 7 heteroatoms. The van der Waals surface area contributed by atoms with Crippen LogP contribution >= 0.6 is 0 Å². The molecule has 2 amide bonds. The van der Waals surface area contributed by atoms with Gasteiger partial charge in [-0.3, -0.25) is 9.59 Å². The van der Waals surface area contributed by atoms with Gasteiger partial charge in [-0.15, -0.1) is 0 Å². The van der Waals surface area contributed by atoms with Gasteiger partial charge in [-0.25, -0.2) is 0 Å². The van der Waals surface area contributed by atoms with Crippen LogP contribution < -0.4 is 16.0 Å². The summed E-state index contributed by atoms with van der Waals surface area (Å²) in [5, 5.41) is 27.9. The summed E-state index contributed by atoms with van der Waals surface area (Å²) in [6.07, 6.45) is -1.29. The van der Waals surface area contributed by atoms with Crippen molar-refractivity contribution in [1.29, 1.82) is 0 Å². The minimum absolute atomic E-state index is 0.127. The van der Waals surface area contributed by atoms with E-state index in [1.165, 1.54) is 13.8 Å². The Labute approximate surface area is 106 Å². The van der Waals surface area contributed by atoms with E-state index in [0.29, 0.717) is 13.0 Å². The Morgan fingerprint density at radius 3 is 2.17 bits per heavy atom. The molecule has 1 fully saturated rings. The first kappa shape index (κ1) is 14.9. The predicted octanol–water partition coefficient (Wildman–Crippen LogP) is -2.29. The van der Waals surface area contributed by atoms with Crippen LogP contribution in [0.5, 0.6) is 0 Å². The fraction of sp³-hybridized carbons (Fsp3) is 0.818. The van der Waals surface area contributed by atoms with E-state index in [1.807, 2.05) is 0 Å². The number of nitrogens with one attached hydrogen (secondary N) is 3. The normalized spacial score (nSPS) is 31.1. The lowest BCUT2D eigenvalue weighted by Gasteiger charge is -2.15. The molecule has 0 saturated carbocycles. The molecule has 5 N–H and O–H groups in total. The highest BCUT2D eigenvalue weighted by molar-refractivity contribution is 5.73. The van der Waals surface area contributed by atoms with Crippen LogP contribution in [0.25, 0.3) is 0 Å². The third-order valence-electron chi connectivity index (χ3n) is 3.00. The molecule has 0 aromatic carbocycles. The molecule has 7 nitrogen and oxygen atoms in total. The van der Waals surface area contributed by atoms with Crippen molar-refractivity contribution in [2.24, 2.45) is 0 Å². The molecule has 1 saturated heterocycles. The van der Waals surface area contributed by atoms with Crippen molar-refractivity contribution in [2.75, 3.05) is 13.1 Å². The van der Waals surface area contributed by atoms with Crippen LogP contribution in [0.2, 0.25) is 0 Å². The van der Waals surface area contributed by atoms with Gasteiger partial charge in [-0.1, -0.05) is 0 Å². The summed E-state index contributed by atoms with van der Waals surface area (Å²) in [7, 11) is 0. The number of hydrogen-bond donors (Lipinski definition) is 5. The van der Waals surface area contributed by atoms with Gasteiger partial charge >= 0.3 is 0 Å². The SMILES string of the molecule is CC(=O)NCCC1NC(CNC(C)=O)C(O)C1O. The molecule has 0 spiro atoms. The Morgan fingerprint density at radius 2 is 1.61 bits per heavy atom. The van der Waals surface area contributed by atoms with Gasteiger partial charge in [0.25, 0.3) is 0 Å². The molecule has 0 radical (unpaired) electrons. The van der Waals surface area contributed by atoms with Gasteiger partial charge in [-0.2, -0.15) is 0 Å². The number of hydrogen-bond acceptors (Lipinski definition) is 5. The monoisotopic (exact) mass is 259 g/mol. The maximum atomic E-state index is 10.8. The van der Waals surface area contributed by atoms with Crippen molar-refractivity contribution in [3.63, 3.8) is 0 Å². The Morgan fingerprint density at radius 1 is 1.06 bits per heavy atom. The van der Waals surface area contributed by atoms with Gasteiger partial charge in [-0.05, 0) is 6.42 Å². The molecule has 4 unspecified atom stereocenters. The summed E-state index contributed by atoms with van der Waals surface area (Å²) in [4.78, 5) is 21.5. The summed E-state index contributed by atoms with van der Waals surface area (Å²) in [5.74, 6) is -0.307. The first-order valence-corrected chi connectivity index (χ1v) is 6.03. The molecular weight excluding hydrogens is 238 g/mol. The third-order valence-corrected chi connectivity index (χ3v) is 3.00. The summed E-state index contributed by atoms with van der Waals surface area (Å²) in [6, 6.07) is -0.656. The third kappa shape index (κ3) is 4.25. The number of rotatable bonds is 5. The second kappa shape index (κ2) is 6.67. The highest BCUT2D eigenvalue weighted by Crippen LogP contribution is 2.16. The lowest BCUT2D eigenvalue weighted by Crippen LogP contribution is -2.43. The Kier molecular flexibility index (Phi) is 5.52. The van der Waals surface area contributed by atoms with Crippen molar-refractivity contribution in [2.45, 2.75) is 44.6 Å². The summed E-state index contributed by atoms with van der Waals surface area (Å²) in [5.41, 5.74) is 0. The van der Waals surface area contributed by atoms with Gasteiger partial charge < -0.3 is 26.2 Å².